The molecule has 7 aromatic rings. The van der Waals surface area contributed by atoms with E-state index in [9.17, 15) is 22.8 Å². The van der Waals surface area contributed by atoms with Crippen molar-refractivity contribution in [2.45, 2.75) is 20.2 Å². The molecule has 0 bridgehead atoms. The molecule has 5 heterocycles. The number of anilines is 4. The first kappa shape index (κ1) is 44.1. The molecule has 4 aromatic heterocycles. The van der Waals surface area contributed by atoms with Crippen LogP contribution in [0, 0.1) is 0 Å². The Morgan fingerprint density at radius 3 is 1.89 bits per heavy atom. The normalized spacial score (nSPS) is 12.8. The topological polar surface area (TPSA) is 188 Å². The predicted molar refractivity (Wildman–Crippen MR) is 228 cm³/mol. The van der Waals surface area contributed by atoms with E-state index >= 15 is 4.79 Å². The number of urea groups is 1. The maximum absolute atomic E-state index is 15.0. The molecule has 1 fully saturated rings. The van der Waals surface area contributed by atoms with Crippen LogP contribution in [0.2, 0.25) is 10.4 Å². The van der Waals surface area contributed by atoms with Gasteiger partial charge in [0.05, 0.1) is 18.9 Å². The lowest BCUT2D eigenvalue weighted by Crippen LogP contribution is -2.52. The second kappa shape index (κ2) is 18.7. The SMILES string of the molecule is CCOc1nc2oc(Cl)cc2nc1N(C(=O)Oc1ccccc1)C(=O)Oc1ccccc1N(C(=O)N1CCN(c2cccc(OC(F)(F)F)c2)CC1)c1nc2cc(Cl)oc2nc1OCC. The van der Waals surface area contributed by atoms with E-state index in [1.54, 1.807) is 49.1 Å². The van der Waals surface area contributed by atoms with Crippen LogP contribution < -0.4 is 38.4 Å². The number of hydrogen-bond donors (Lipinski definition) is 0. The lowest BCUT2D eigenvalue weighted by atomic mass is 10.2. The number of carbonyl (C=O) groups excluding carboxylic acids is 3. The molecule has 1 aliphatic heterocycles. The highest BCUT2D eigenvalue weighted by atomic mass is 35.5. The van der Waals surface area contributed by atoms with Crippen LogP contribution >= 0.6 is 23.2 Å². The van der Waals surface area contributed by atoms with Crippen LogP contribution in [0.15, 0.2) is 99.8 Å². The Bertz CT molecular complexity index is 2880. The minimum Gasteiger partial charge on any atom is -0.475 e. The Balaban J connectivity index is 1.18. The summed E-state index contributed by atoms with van der Waals surface area (Å²) < 4.78 is 77.2. The highest BCUT2D eigenvalue weighted by Crippen LogP contribution is 2.41. The van der Waals surface area contributed by atoms with Gasteiger partial charge in [-0.25, -0.2) is 29.3 Å². The van der Waals surface area contributed by atoms with Crippen LogP contribution in [0.25, 0.3) is 22.5 Å². The number of alkyl halides is 3. The van der Waals surface area contributed by atoms with Crippen LogP contribution in [-0.4, -0.2) is 88.8 Å². The first-order valence-electron chi connectivity index (χ1n) is 19.6. The Morgan fingerprint density at radius 2 is 1.26 bits per heavy atom. The number of fused-ring (bicyclic) bond motifs is 2. The summed E-state index contributed by atoms with van der Waals surface area (Å²) in [4.78, 5) is 66.3. The van der Waals surface area contributed by atoms with E-state index < -0.39 is 36.1 Å². The van der Waals surface area contributed by atoms with Crippen LogP contribution in [0.4, 0.5) is 50.6 Å². The van der Waals surface area contributed by atoms with Gasteiger partial charge in [0.25, 0.3) is 11.8 Å². The van der Waals surface area contributed by atoms with Gasteiger partial charge in [0, 0.05) is 50.1 Å². The minimum atomic E-state index is -4.89. The maximum atomic E-state index is 15.0. The van der Waals surface area contributed by atoms with Crippen LogP contribution in [0.1, 0.15) is 13.8 Å². The Hall–Kier alpha value is -7.52. The van der Waals surface area contributed by atoms with Crippen molar-refractivity contribution < 1.29 is 60.1 Å². The number of para-hydroxylation sites is 3. The monoisotopic (exact) mass is 936 g/mol. The van der Waals surface area contributed by atoms with Crippen LogP contribution in [-0.2, 0) is 0 Å². The van der Waals surface area contributed by atoms with E-state index in [0.717, 1.165) is 4.90 Å². The fraction of sp³-hybridized carbons (Fsp3) is 0.214. The summed E-state index contributed by atoms with van der Waals surface area (Å²) in [7, 11) is 0. The number of imide groups is 1. The summed E-state index contributed by atoms with van der Waals surface area (Å²) in [5.41, 5.74) is 0.474. The summed E-state index contributed by atoms with van der Waals surface area (Å²) in [6, 6.07) is 21.2. The summed E-state index contributed by atoms with van der Waals surface area (Å²) in [5.74, 6) is -1.73. The third-order valence-corrected chi connectivity index (χ3v) is 9.70. The molecule has 0 atom stereocenters. The van der Waals surface area contributed by atoms with Gasteiger partial charge in [-0.2, -0.15) is 14.9 Å². The predicted octanol–water partition coefficient (Wildman–Crippen LogP) is 10.0. The van der Waals surface area contributed by atoms with Gasteiger partial charge in [0.2, 0.25) is 23.1 Å². The number of carbonyl (C=O) groups is 3. The number of halogens is 5. The largest absolute Gasteiger partial charge is 0.573 e. The first-order chi connectivity index (χ1) is 31.3. The lowest BCUT2D eigenvalue weighted by Gasteiger charge is -2.38. The van der Waals surface area contributed by atoms with E-state index in [0.29, 0.717) is 10.6 Å². The number of aromatic nitrogens is 4. The van der Waals surface area contributed by atoms with Gasteiger partial charge >= 0.3 is 24.6 Å². The molecule has 0 aliphatic carbocycles. The number of rotatable bonds is 11. The van der Waals surface area contributed by atoms with Crippen molar-refractivity contribution in [2.24, 2.45) is 0 Å². The van der Waals surface area contributed by atoms with Crippen molar-refractivity contribution in [1.29, 1.82) is 0 Å². The highest BCUT2D eigenvalue weighted by Gasteiger charge is 2.38. The number of piperazine rings is 1. The second-order valence-electron chi connectivity index (χ2n) is 13.5. The summed E-state index contributed by atoms with van der Waals surface area (Å²) in [6.45, 7) is 3.86. The smallest absolute Gasteiger partial charge is 0.475 e. The molecule has 3 aromatic carbocycles. The van der Waals surface area contributed by atoms with E-state index in [-0.39, 0.29) is 107 Å². The maximum Gasteiger partial charge on any atom is 0.573 e. The van der Waals surface area contributed by atoms with E-state index in [1.165, 1.54) is 65.6 Å². The third-order valence-electron chi connectivity index (χ3n) is 9.33. The molecular formula is C42H33Cl2F3N8O10. The number of amides is 4. The van der Waals surface area contributed by atoms with Crippen molar-refractivity contribution in [3.8, 4) is 29.0 Å². The molecule has 0 spiro atoms. The zero-order chi connectivity index (χ0) is 45.8. The summed E-state index contributed by atoms with van der Waals surface area (Å²) in [5, 5.41) is -0.142. The lowest BCUT2D eigenvalue weighted by molar-refractivity contribution is -0.274. The Labute approximate surface area is 375 Å². The molecule has 1 saturated heterocycles. The van der Waals surface area contributed by atoms with E-state index in [1.807, 2.05) is 0 Å². The standard InChI is InChI=1S/C42H33Cl2F3N8O10/c1-3-59-37-33(48-27-22-31(43)63-35(27)50-37)54(39(56)53-19-17-52(18-20-53)24-11-10-14-26(21-24)65-42(45,46)47)29-15-8-9-16-30(29)62-41(58)55(40(57)61-25-12-6-5-7-13-25)34-38(60-4-2)51-36-28(49-34)23-32(44)64-36/h5-16,21-23H,3-4,17-20H2,1-2H3. The van der Waals surface area contributed by atoms with Gasteiger partial charge in [-0.05, 0) is 73.4 Å². The van der Waals surface area contributed by atoms with Crippen molar-refractivity contribution in [2.75, 3.05) is 54.1 Å². The Kier molecular flexibility index (Phi) is 12.7. The third kappa shape index (κ3) is 9.85. The van der Waals surface area contributed by atoms with Crippen molar-refractivity contribution in [3.63, 3.8) is 0 Å². The molecule has 4 amide bonds. The minimum absolute atomic E-state index is 0.00526. The van der Waals surface area contributed by atoms with Crippen molar-refractivity contribution >= 4 is 86.9 Å². The number of benzene rings is 3. The molecule has 0 saturated carbocycles. The number of nitrogens with zero attached hydrogens (tertiary/aromatic N) is 8. The highest BCUT2D eigenvalue weighted by molar-refractivity contribution is 6.30. The summed E-state index contributed by atoms with van der Waals surface area (Å²) >= 11 is 12.3. The van der Waals surface area contributed by atoms with Crippen LogP contribution in [0.5, 0.6) is 29.0 Å². The van der Waals surface area contributed by atoms with Crippen molar-refractivity contribution in [3.05, 3.63) is 101 Å². The van der Waals surface area contributed by atoms with Gasteiger partial charge in [-0.3, -0.25) is 0 Å². The second-order valence-corrected chi connectivity index (χ2v) is 14.3. The molecule has 1 aliphatic rings. The van der Waals surface area contributed by atoms with Gasteiger partial charge < -0.3 is 42.3 Å². The number of furan rings is 2. The number of hydrogen-bond acceptors (Lipinski definition) is 15. The molecule has 23 heteroatoms. The van der Waals surface area contributed by atoms with Gasteiger partial charge in [0.15, 0.2) is 16.2 Å². The fourth-order valence-electron chi connectivity index (χ4n) is 6.61. The molecular weight excluding hydrogens is 904 g/mol. The summed E-state index contributed by atoms with van der Waals surface area (Å²) in [6.07, 6.45) is -7.55. The van der Waals surface area contributed by atoms with Crippen molar-refractivity contribution in [1.82, 2.24) is 24.8 Å². The van der Waals surface area contributed by atoms with E-state index in [4.69, 9.17) is 51.0 Å². The van der Waals surface area contributed by atoms with E-state index in [2.05, 4.69) is 24.7 Å². The molecule has 0 radical (unpaired) electrons. The number of ether oxygens (including phenoxy) is 5. The van der Waals surface area contributed by atoms with Gasteiger partial charge in [0.1, 0.15) is 22.5 Å². The molecule has 8 rings (SSSR count). The quantitative estimate of drug-likeness (QED) is 0.119. The molecule has 18 nitrogen and oxygen atoms in total. The van der Waals surface area contributed by atoms with Crippen LogP contribution in [0.3, 0.4) is 0 Å². The molecule has 0 unspecified atom stereocenters. The van der Waals surface area contributed by atoms with Gasteiger partial charge in [-0.1, -0.05) is 36.4 Å². The molecule has 0 N–H and O–H groups in total. The molecule has 65 heavy (non-hydrogen) atoms. The Morgan fingerprint density at radius 1 is 0.692 bits per heavy atom. The zero-order valence-corrected chi connectivity index (χ0v) is 35.5. The average molecular weight is 938 g/mol. The average Bonchev–Trinajstić information content (AvgIpc) is 3.83. The first-order valence-corrected chi connectivity index (χ1v) is 20.3. The fourth-order valence-corrected chi connectivity index (χ4v) is 6.96. The molecule has 336 valence electrons. The zero-order valence-electron chi connectivity index (χ0n) is 34.0. The van der Waals surface area contributed by atoms with Gasteiger partial charge in [-0.15, -0.1) is 13.2 Å².